The first-order chi connectivity index (χ1) is 20.4. The van der Waals surface area contributed by atoms with E-state index in [4.69, 9.17) is 9.47 Å². The number of hydrogen-bond acceptors (Lipinski definition) is 6. The van der Waals surface area contributed by atoms with Gasteiger partial charge in [0.2, 0.25) is 0 Å². The predicted molar refractivity (Wildman–Crippen MR) is 171 cm³/mol. The molecule has 0 saturated carbocycles. The highest BCUT2D eigenvalue weighted by atomic mass is 28.4. The van der Waals surface area contributed by atoms with E-state index >= 15 is 0 Å². The van der Waals surface area contributed by atoms with Crippen LogP contribution in [0.2, 0.25) is 18.6 Å². The van der Waals surface area contributed by atoms with E-state index in [1.807, 2.05) is 62.5 Å². The second kappa shape index (κ2) is 12.0. The molecule has 0 unspecified atom stereocenters. The summed E-state index contributed by atoms with van der Waals surface area (Å²) in [4.78, 5) is 42.6. The van der Waals surface area contributed by atoms with Crippen molar-refractivity contribution in [1.29, 1.82) is 0 Å². The summed E-state index contributed by atoms with van der Waals surface area (Å²) in [7, 11) is -2.82. The molecule has 5 rings (SSSR count). The Morgan fingerprint density at radius 2 is 1.84 bits per heavy atom. The zero-order valence-corrected chi connectivity index (χ0v) is 27.1. The maximum absolute atomic E-state index is 14.6. The monoisotopic (exact) mass is 604 g/mol. The van der Waals surface area contributed by atoms with E-state index in [1.54, 1.807) is 9.80 Å². The lowest BCUT2D eigenvalue weighted by molar-refractivity contribution is -0.146. The highest BCUT2D eigenvalue weighted by molar-refractivity contribution is 6.71. The van der Waals surface area contributed by atoms with Crippen molar-refractivity contribution in [3.05, 3.63) is 71.3 Å². The van der Waals surface area contributed by atoms with Gasteiger partial charge in [-0.05, 0) is 83.5 Å². The summed E-state index contributed by atoms with van der Waals surface area (Å²) in [5.41, 5.74) is 3.56. The fourth-order valence-electron chi connectivity index (χ4n) is 7.11. The molecule has 3 aliphatic rings. The standard InChI is InChI=1S/C34H44N2O6Si/c1-22(2)10-9-11-23(3)16-18-35-27-15-14-25(36-28-12-7-8-13-29(28)41-21-31(36)38)20-26(27)34(33(35)39)24(4)32(43(5,6)40)30(42-34)17-19-37/h7-8,10,12-16,20,24,30,32,37,40H,9,11,17-19,21H2,1-6H3/b23-16+/t24-,30+,32-,34+/m0/s1. The van der Waals surface area contributed by atoms with Crippen molar-refractivity contribution in [3.8, 4) is 5.75 Å². The average Bonchev–Trinajstić information content (AvgIpc) is 3.37. The van der Waals surface area contributed by atoms with E-state index in [9.17, 15) is 19.5 Å². The molecule has 43 heavy (non-hydrogen) atoms. The maximum atomic E-state index is 14.6. The number of benzene rings is 2. The fourth-order valence-corrected chi connectivity index (χ4v) is 9.71. The third-order valence-electron chi connectivity index (χ3n) is 9.06. The van der Waals surface area contributed by atoms with Gasteiger partial charge in [-0.15, -0.1) is 0 Å². The van der Waals surface area contributed by atoms with Gasteiger partial charge in [0.25, 0.3) is 11.8 Å². The van der Waals surface area contributed by atoms with Crippen LogP contribution < -0.4 is 14.5 Å². The Morgan fingerprint density at radius 3 is 2.53 bits per heavy atom. The Kier molecular flexibility index (Phi) is 8.73. The van der Waals surface area contributed by atoms with Gasteiger partial charge in [0.15, 0.2) is 20.5 Å². The molecule has 230 valence electrons. The lowest BCUT2D eigenvalue weighted by atomic mass is 9.82. The van der Waals surface area contributed by atoms with Crippen molar-refractivity contribution >= 4 is 37.2 Å². The average molecular weight is 605 g/mol. The Bertz CT molecular complexity index is 1460. The van der Waals surface area contributed by atoms with Crippen LogP contribution in [0.25, 0.3) is 0 Å². The number of ether oxygens (including phenoxy) is 2. The molecule has 1 fully saturated rings. The van der Waals surface area contributed by atoms with E-state index in [1.165, 1.54) is 11.1 Å². The highest BCUT2D eigenvalue weighted by Crippen LogP contribution is 2.60. The topological polar surface area (TPSA) is 99.5 Å². The Morgan fingerprint density at radius 1 is 1.09 bits per heavy atom. The third kappa shape index (κ3) is 5.59. The Labute approximate surface area is 255 Å². The van der Waals surface area contributed by atoms with Crippen molar-refractivity contribution in [2.75, 3.05) is 29.6 Å². The number of aliphatic hydroxyl groups is 1. The van der Waals surface area contributed by atoms with Crippen LogP contribution in [-0.2, 0) is 19.9 Å². The van der Waals surface area contributed by atoms with Gasteiger partial charge in [-0.3, -0.25) is 14.5 Å². The lowest BCUT2D eigenvalue weighted by Crippen LogP contribution is -2.46. The molecule has 0 radical (unpaired) electrons. The number of allylic oxidation sites excluding steroid dienone is 3. The van der Waals surface area contributed by atoms with Gasteiger partial charge in [0, 0.05) is 35.9 Å². The summed E-state index contributed by atoms with van der Waals surface area (Å²) >= 11 is 0. The molecule has 0 bridgehead atoms. The maximum Gasteiger partial charge on any atom is 0.269 e. The number of amides is 2. The summed E-state index contributed by atoms with van der Waals surface area (Å²) in [6.07, 6.45) is 6.01. The number of anilines is 3. The van der Waals surface area contributed by atoms with Crippen LogP contribution in [0, 0.1) is 5.92 Å². The Hall–Kier alpha value is -3.24. The molecule has 3 aliphatic heterocycles. The molecule has 4 atom stereocenters. The first kappa shape index (κ1) is 31.2. The molecular weight excluding hydrogens is 560 g/mol. The molecule has 0 aromatic heterocycles. The van der Waals surface area contributed by atoms with E-state index in [-0.39, 0.29) is 36.5 Å². The minimum absolute atomic E-state index is 0.0844. The van der Waals surface area contributed by atoms with Gasteiger partial charge < -0.3 is 24.3 Å². The number of nitrogens with zero attached hydrogens (tertiary/aromatic N) is 2. The van der Waals surface area contributed by atoms with Crippen LogP contribution in [-0.4, -0.2) is 55.9 Å². The molecule has 8 nitrogen and oxygen atoms in total. The smallest absolute Gasteiger partial charge is 0.269 e. The molecule has 2 aromatic rings. The van der Waals surface area contributed by atoms with E-state index < -0.39 is 20.0 Å². The summed E-state index contributed by atoms with van der Waals surface area (Å²) in [6.45, 7) is 12.2. The lowest BCUT2D eigenvalue weighted by Gasteiger charge is -2.33. The van der Waals surface area contributed by atoms with Gasteiger partial charge in [0.05, 0.1) is 17.5 Å². The molecule has 2 N–H and O–H groups in total. The first-order valence-electron chi connectivity index (χ1n) is 15.2. The largest absolute Gasteiger partial charge is 0.482 e. The second-order valence-corrected chi connectivity index (χ2v) is 16.8. The molecule has 0 aliphatic carbocycles. The van der Waals surface area contributed by atoms with Crippen molar-refractivity contribution < 1.29 is 29.0 Å². The van der Waals surface area contributed by atoms with Gasteiger partial charge >= 0.3 is 0 Å². The van der Waals surface area contributed by atoms with Crippen LogP contribution in [0.3, 0.4) is 0 Å². The van der Waals surface area contributed by atoms with E-state index in [0.29, 0.717) is 35.7 Å². The number of carbonyl (C=O) groups excluding carboxylic acids is 2. The van der Waals surface area contributed by atoms with Crippen molar-refractivity contribution in [2.24, 2.45) is 5.92 Å². The van der Waals surface area contributed by atoms with Crippen molar-refractivity contribution in [2.45, 2.75) is 77.3 Å². The molecular formula is C34H44N2O6Si. The molecule has 9 heteroatoms. The number of rotatable bonds is 9. The van der Waals surface area contributed by atoms with Gasteiger partial charge in [-0.25, -0.2) is 0 Å². The Balaban J connectivity index is 1.61. The molecule has 2 aromatic carbocycles. The molecule has 3 heterocycles. The third-order valence-corrected chi connectivity index (χ3v) is 11.6. The number of carbonyl (C=O) groups is 2. The number of hydrogen-bond donors (Lipinski definition) is 2. The van der Waals surface area contributed by atoms with Gasteiger partial charge in [-0.2, -0.15) is 0 Å². The minimum Gasteiger partial charge on any atom is -0.482 e. The van der Waals surface area contributed by atoms with E-state index in [2.05, 4.69) is 32.9 Å². The van der Waals surface area contributed by atoms with Crippen LogP contribution in [0.5, 0.6) is 5.75 Å². The predicted octanol–water partition coefficient (Wildman–Crippen LogP) is 5.96. The minimum atomic E-state index is -2.82. The zero-order valence-electron chi connectivity index (χ0n) is 26.1. The van der Waals surface area contributed by atoms with Crippen LogP contribution in [0.15, 0.2) is 65.8 Å². The van der Waals surface area contributed by atoms with Gasteiger partial charge in [-0.1, -0.05) is 42.4 Å². The highest BCUT2D eigenvalue weighted by Gasteiger charge is 2.66. The summed E-state index contributed by atoms with van der Waals surface area (Å²) in [5, 5.41) is 9.92. The summed E-state index contributed by atoms with van der Waals surface area (Å²) < 4.78 is 12.5. The van der Waals surface area contributed by atoms with Crippen molar-refractivity contribution in [3.63, 3.8) is 0 Å². The summed E-state index contributed by atoms with van der Waals surface area (Å²) in [5.74, 6) is -0.106. The summed E-state index contributed by atoms with van der Waals surface area (Å²) in [6, 6.07) is 13.1. The van der Waals surface area contributed by atoms with E-state index in [0.717, 1.165) is 18.5 Å². The molecule has 2 amide bonds. The zero-order chi connectivity index (χ0) is 31.1. The van der Waals surface area contributed by atoms with Crippen LogP contribution in [0.4, 0.5) is 17.1 Å². The fraction of sp³-hybridized carbons (Fsp3) is 0.471. The van der Waals surface area contributed by atoms with Crippen molar-refractivity contribution in [1.82, 2.24) is 0 Å². The quantitative estimate of drug-likeness (QED) is 0.271. The number of aliphatic hydroxyl groups excluding tert-OH is 1. The van der Waals surface area contributed by atoms with Crippen LogP contribution in [0.1, 0.15) is 52.5 Å². The number of para-hydroxylation sites is 2. The first-order valence-corrected chi connectivity index (χ1v) is 18.2. The molecule has 1 saturated heterocycles. The second-order valence-electron chi connectivity index (χ2n) is 12.8. The van der Waals surface area contributed by atoms with Gasteiger partial charge in [0.1, 0.15) is 5.75 Å². The SMILES string of the molecule is CC(C)=CCC/C(C)=C/CN1C(=O)[C@]2(O[C@H](CCO)[C@@H]([Si](C)(C)O)[C@@H]2C)c2cc(N3C(=O)COc4ccccc43)ccc21. The normalized spacial score (nSPS) is 25.2. The van der Waals surface area contributed by atoms with Crippen LogP contribution >= 0.6 is 0 Å². The molecule has 1 spiro atoms. The number of fused-ring (bicyclic) bond motifs is 3.